The number of hydrogen-bond donors (Lipinski definition) is 1. The second-order valence-corrected chi connectivity index (χ2v) is 6.12. The molecule has 6 heteroatoms. The number of nitrogens with one attached hydrogen (secondary N) is 1. The highest BCUT2D eigenvalue weighted by Gasteiger charge is 2.20. The van der Waals surface area contributed by atoms with E-state index in [0.29, 0.717) is 11.7 Å². The molecule has 3 rings (SSSR count). The molecule has 1 atom stereocenters. The van der Waals surface area contributed by atoms with Crippen LogP contribution in [0.2, 0.25) is 0 Å². The number of benzene rings is 1. The first-order valence-electron chi connectivity index (χ1n) is 8.11. The van der Waals surface area contributed by atoms with Gasteiger partial charge in [0, 0.05) is 0 Å². The maximum absolute atomic E-state index is 12.9. The standard InChI is InChI=1S/C17H21FN4O/c1-12(13-7-9-14(18)10-8-13)19-17(23)16-11-22(21-20-16)15-5-3-2-4-6-15/h7-12,15H,2-6H2,1H3,(H,19,23)/t12-/m0/s1. The summed E-state index contributed by atoms with van der Waals surface area (Å²) in [6.07, 6.45) is 7.59. The number of amides is 1. The molecule has 5 nitrogen and oxygen atoms in total. The molecule has 1 fully saturated rings. The van der Waals surface area contributed by atoms with Gasteiger partial charge in [-0.25, -0.2) is 9.07 Å². The highest BCUT2D eigenvalue weighted by Crippen LogP contribution is 2.27. The fourth-order valence-corrected chi connectivity index (χ4v) is 3.01. The van der Waals surface area contributed by atoms with Gasteiger partial charge in [-0.15, -0.1) is 5.10 Å². The zero-order chi connectivity index (χ0) is 16.2. The van der Waals surface area contributed by atoms with Gasteiger partial charge in [0.1, 0.15) is 5.82 Å². The van der Waals surface area contributed by atoms with Gasteiger partial charge >= 0.3 is 0 Å². The van der Waals surface area contributed by atoms with Crippen LogP contribution in [0.1, 0.15) is 67.2 Å². The van der Waals surface area contributed by atoms with E-state index in [1.54, 1.807) is 18.3 Å². The highest BCUT2D eigenvalue weighted by molar-refractivity contribution is 5.92. The van der Waals surface area contributed by atoms with Gasteiger partial charge < -0.3 is 5.32 Å². The molecule has 0 spiro atoms. The van der Waals surface area contributed by atoms with Crippen LogP contribution in [-0.4, -0.2) is 20.9 Å². The van der Waals surface area contributed by atoms with E-state index in [9.17, 15) is 9.18 Å². The smallest absolute Gasteiger partial charge is 0.273 e. The molecular weight excluding hydrogens is 295 g/mol. The molecular formula is C17H21FN4O. The Morgan fingerprint density at radius 3 is 2.65 bits per heavy atom. The maximum atomic E-state index is 12.9. The van der Waals surface area contributed by atoms with E-state index in [1.807, 2.05) is 11.6 Å². The molecule has 0 aliphatic heterocycles. The van der Waals surface area contributed by atoms with Crippen molar-refractivity contribution in [1.29, 1.82) is 0 Å². The first-order valence-corrected chi connectivity index (χ1v) is 8.11. The Bertz CT molecular complexity index is 661. The average molecular weight is 316 g/mol. The molecule has 1 amide bonds. The van der Waals surface area contributed by atoms with Crippen molar-refractivity contribution >= 4 is 5.91 Å². The summed E-state index contributed by atoms with van der Waals surface area (Å²) >= 11 is 0. The summed E-state index contributed by atoms with van der Waals surface area (Å²) in [7, 11) is 0. The van der Waals surface area contributed by atoms with Crippen molar-refractivity contribution in [3.8, 4) is 0 Å². The number of carbonyl (C=O) groups is 1. The fourth-order valence-electron chi connectivity index (χ4n) is 3.01. The molecule has 1 aliphatic rings. The lowest BCUT2D eigenvalue weighted by atomic mass is 9.96. The van der Waals surface area contributed by atoms with Crippen LogP contribution < -0.4 is 5.32 Å². The number of hydrogen-bond acceptors (Lipinski definition) is 3. The van der Waals surface area contributed by atoms with Gasteiger partial charge in [-0.3, -0.25) is 4.79 Å². The lowest BCUT2D eigenvalue weighted by molar-refractivity contribution is 0.0934. The Morgan fingerprint density at radius 2 is 1.96 bits per heavy atom. The molecule has 1 aromatic heterocycles. The van der Waals surface area contributed by atoms with Crippen molar-refractivity contribution in [2.24, 2.45) is 0 Å². The summed E-state index contributed by atoms with van der Waals surface area (Å²) in [5.41, 5.74) is 1.17. The third-order valence-corrected chi connectivity index (χ3v) is 4.41. The summed E-state index contributed by atoms with van der Waals surface area (Å²) in [6, 6.07) is 6.24. The van der Waals surface area contributed by atoms with E-state index in [-0.39, 0.29) is 17.8 Å². The van der Waals surface area contributed by atoms with Crippen LogP contribution in [0.4, 0.5) is 4.39 Å². The molecule has 2 aromatic rings. The quantitative estimate of drug-likeness (QED) is 0.940. The van der Waals surface area contributed by atoms with Crippen LogP contribution >= 0.6 is 0 Å². The Balaban J connectivity index is 1.63. The van der Waals surface area contributed by atoms with Crippen molar-refractivity contribution in [1.82, 2.24) is 20.3 Å². The summed E-state index contributed by atoms with van der Waals surface area (Å²) in [4.78, 5) is 12.3. The molecule has 0 unspecified atom stereocenters. The molecule has 0 radical (unpaired) electrons. The summed E-state index contributed by atoms with van der Waals surface area (Å²) in [5, 5.41) is 11.0. The van der Waals surface area contributed by atoms with E-state index >= 15 is 0 Å². The monoisotopic (exact) mass is 316 g/mol. The van der Waals surface area contributed by atoms with Gasteiger partial charge in [0.05, 0.1) is 18.3 Å². The van der Waals surface area contributed by atoms with Crippen molar-refractivity contribution < 1.29 is 9.18 Å². The SMILES string of the molecule is C[C@H](NC(=O)c1cn(C2CCCCC2)nn1)c1ccc(F)cc1. The third-order valence-electron chi connectivity index (χ3n) is 4.41. The van der Waals surface area contributed by atoms with Gasteiger partial charge in [0.25, 0.3) is 5.91 Å². The molecule has 0 saturated heterocycles. The fraction of sp³-hybridized carbons (Fsp3) is 0.471. The van der Waals surface area contributed by atoms with E-state index in [1.165, 1.54) is 31.4 Å². The van der Waals surface area contributed by atoms with Gasteiger partial charge in [-0.05, 0) is 37.5 Å². The molecule has 23 heavy (non-hydrogen) atoms. The van der Waals surface area contributed by atoms with Crippen LogP contribution in [0, 0.1) is 5.82 Å². The zero-order valence-electron chi connectivity index (χ0n) is 13.2. The minimum absolute atomic E-state index is 0.220. The van der Waals surface area contributed by atoms with Crippen LogP contribution in [0.25, 0.3) is 0 Å². The predicted molar refractivity (Wildman–Crippen MR) is 84.4 cm³/mol. The topological polar surface area (TPSA) is 59.8 Å². The Kier molecular flexibility index (Phi) is 4.69. The third kappa shape index (κ3) is 3.75. The van der Waals surface area contributed by atoms with E-state index in [4.69, 9.17) is 0 Å². The average Bonchev–Trinajstić information content (AvgIpc) is 3.06. The van der Waals surface area contributed by atoms with E-state index in [2.05, 4.69) is 15.6 Å². The van der Waals surface area contributed by atoms with Crippen molar-refractivity contribution in [3.05, 3.63) is 47.5 Å². The van der Waals surface area contributed by atoms with Crippen LogP contribution in [-0.2, 0) is 0 Å². The zero-order valence-corrected chi connectivity index (χ0v) is 13.2. The van der Waals surface area contributed by atoms with Crippen molar-refractivity contribution in [2.75, 3.05) is 0 Å². The van der Waals surface area contributed by atoms with E-state index < -0.39 is 0 Å². The van der Waals surface area contributed by atoms with Crippen molar-refractivity contribution in [2.45, 2.75) is 51.1 Å². The van der Waals surface area contributed by atoms with Crippen LogP contribution in [0.3, 0.4) is 0 Å². The van der Waals surface area contributed by atoms with Gasteiger partial charge in [0.2, 0.25) is 0 Å². The predicted octanol–water partition coefficient (Wildman–Crippen LogP) is 3.41. The number of carbonyl (C=O) groups excluding carboxylic acids is 1. The second kappa shape index (κ2) is 6.89. The molecule has 1 heterocycles. The van der Waals surface area contributed by atoms with Gasteiger partial charge in [-0.1, -0.05) is 36.6 Å². The summed E-state index contributed by atoms with van der Waals surface area (Å²) in [5.74, 6) is -0.549. The Hall–Kier alpha value is -2.24. The maximum Gasteiger partial charge on any atom is 0.273 e. The first-order chi connectivity index (χ1) is 11.1. The lowest BCUT2D eigenvalue weighted by Gasteiger charge is -2.20. The molecule has 122 valence electrons. The van der Waals surface area contributed by atoms with E-state index in [0.717, 1.165) is 18.4 Å². The number of aromatic nitrogens is 3. The number of halogens is 1. The minimum Gasteiger partial charge on any atom is -0.344 e. The molecule has 1 aromatic carbocycles. The molecule has 1 N–H and O–H groups in total. The Morgan fingerprint density at radius 1 is 1.26 bits per heavy atom. The minimum atomic E-state index is -0.289. The van der Waals surface area contributed by atoms with Crippen LogP contribution in [0.5, 0.6) is 0 Å². The van der Waals surface area contributed by atoms with Gasteiger partial charge in [0.15, 0.2) is 5.69 Å². The number of nitrogens with zero attached hydrogens (tertiary/aromatic N) is 3. The molecule has 0 bridgehead atoms. The van der Waals surface area contributed by atoms with Crippen molar-refractivity contribution in [3.63, 3.8) is 0 Å². The highest BCUT2D eigenvalue weighted by atomic mass is 19.1. The largest absolute Gasteiger partial charge is 0.344 e. The summed E-state index contributed by atoms with van der Waals surface area (Å²) < 4.78 is 14.8. The van der Waals surface area contributed by atoms with Gasteiger partial charge in [-0.2, -0.15) is 0 Å². The second-order valence-electron chi connectivity index (χ2n) is 6.12. The van der Waals surface area contributed by atoms with Crippen LogP contribution in [0.15, 0.2) is 30.5 Å². The molecule has 1 saturated carbocycles. The lowest BCUT2D eigenvalue weighted by Crippen LogP contribution is -2.27. The normalized spacial score (nSPS) is 17.0. The summed E-state index contributed by atoms with van der Waals surface area (Å²) in [6.45, 7) is 1.86. The Labute approximate surface area is 134 Å². The number of rotatable bonds is 4. The first kappa shape index (κ1) is 15.6. The molecule has 1 aliphatic carbocycles.